The molecular formula is C21H24N2O7S. The van der Waals surface area contributed by atoms with Crippen LogP contribution in [0.15, 0.2) is 30.9 Å². The van der Waals surface area contributed by atoms with Gasteiger partial charge in [0.2, 0.25) is 0 Å². The van der Waals surface area contributed by atoms with Crippen LogP contribution in [0.5, 0.6) is 0 Å². The normalized spacial score (nSPS) is 20.3. The van der Waals surface area contributed by atoms with Crippen LogP contribution in [0.2, 0.25) is 0 Å². The summed E-state index contributed by atoms with van der Waals surface area (Å²) in [5, 5.41) is 0. The molecule has 0 saturated carbocycles. The van der Waals surface area contributed by atoms with Gasteiger partial charge in [0.05, 0.1) is 28.2 Å². The van der Waals surface area contributed by atoms with Crippen molar-refractivity contribution in [1.29, 1.82) is 0 Å². The Bertz CT molecular complexity index is 1060. The van der Waals surface area contributed by atoms with Crippen LogP contribution in [-0.4, -0.2) is 78.6 Å². The van der Waals surface area contributed by atoms with Crippen molar-refractivity contribution in [2.45, 2.75) is 32.4 Å². The maximum atomic E-state index is 12.8. The lowest BCUT2D eigenvalue weighted by Gasteiger charge is -2.29. The third-order valence-corrected chi connectivity index (χ3v) is 7.17. The monoisotopic (exact) mass is 448 g/mol. The van der Waals surface area contributed by atoms with Gasteiger partial charge in [-0.1, -0.05) is 6.08 Å². The van der Waals surface area contributed by atoms with Crippen molar-refractivity contribution < 1.29 is 32.3 Å². The highest BCUT2D eigenvalue weighted by atomic mass is 32.2. The van der Waals surface area contributed by atoms with Crippen LogP contribution in [0, 0.1) is 0 Å². The van der Waals surface area contributed by atoms with Gasteiger partial charge in [0.1, 0.15) is 0 Å². The predicted octanol–water partition coefficient (Wildman–Crippen LogP) is 1.05. The van der Waals surface area contributed by atoms with Gasteiger partial charge >= 0.3 is 5.97 Å². The van der Waals surface area contributed by atoms with Gasteiger partial charge in [-0.05, 0) is 38.5 Å². The molecule has 0 radical (unpaired) electrons. The number of hydrogen-bond donors (Lipinski definition) is 0. The first kappa shape index (κ1) is 22.7. The van der Waals surface area contributed by atoms with E-state index in [0.29, 0.717) is 6.42 Å². The number of imide groups is 1. The van der Waals surface area contributed by atoms with Crippen LogP contribution < -0.4 is 0 Å². The van der Waals surface area contributed by atoms with Crippen molar-refractivity contribution in [3.8, 4) is 0 Å². The van der Waals surface area contributed by atoms with E-state index in [0.717, 1.165) is 4.90 Å². The number of esters is 1. The maximum absolute atomic E-state index is 12.8. The Balaban J connectivity index is 1.72. The number of carbonyl (C=O) groups excluding carboxylic acids is 4. The molecule has 0 aliphatic carbocycles. The van der Waals surface area contributed by atoms with E-state index in [4.69, 9.17) is 4.74 Å². The van der Waals surface area contributed by atoms with Crippen LogP contribution in [0.3, 0.4) is 0 Å². The lowest BCUT2D eigenvalue weighted by Crippen LogP contribution is -2.46. The standard InChI is InChI=1S/C21H24N2O7S/c1-4-9-23-19(25)16-7-6-14(11-17(16)20(23)26)21(27)30-13(3)18(24)22(5-2)15-8-10-31(28,29)12-15/h4,6-7,11,13,15H,1,5,8-10,12H2,2-3H3/t13-,15-/m1/s1. The van der Waals surface area contributed by atoms with E-state index in [1.54, 1.807) is 6.92 Å². The highest BCUT2D eigenvalue weighted by molar-refractivity contribution is 7.91. The molecule has 1 aromatic carbocycles. The molecule has 0 N–H and O–H groups in total. The Kier molecular flexibility index (Phi) is 6.30. The molecule has 0 aromatic heterocycles. The van der Waals surface area contributed by atoms with Crippen molar-refractivity contribution in [2.24, 2.45) is 0 Å². The van der Waals surface area contributed by atoms with E-state index in [9.17, 15) is 27.6 Å². The van der Waals surface area contributed by atoms with E-state index in [1.807, 2.05) is 0 Å². The lowest BCUT2D eigenvalue weighted by molar-refractivity contribution is -0.141. The fraction of sp³-hybridized carbons (Fsp3) is 0.429. The first-order valence-electron chi connectivity index (χ1n) is 9.92. The quantitative estimate of drug-likeness (QED) is 0.347. The molecule has 2 atom stereocenters. The number of carbonyl (C=O) groups is 4. The van der Waals surface area contributed by atoms with Crippen molar-refractivity contribution in [3.63, 3.8) is 0 Å². The number of likely N-dealkylation sites (N-methyl/N-ethyl adjacent to an activating group) is 1. The minimum Gasteiger partial charge on any atom is -0.449 e. The zero-order valence-corrected chi connectivity index (χ0v) is 18.2. The number of amides is 3. The zero-order chi connectivity index (χ0) is 22.9. The van der Waals surface area contributed by atoms with Gasteiger partial charge in [-0.2, -0.15) is 0 Å². The molecule has 9 nitrogen and oxygen atoms in total. The number of ether oxygens (including phenoxy) is 1. The molecule has 2 heterocycles. The zero-order valence-electron chi connectivity index (χ0n) is 17.4. The predicted molar refractivity (Wildman–Crippen MR) is 111 cm³/mol. The van der Waals surface area contributed by atoms with Gasteiger partial charge in [-0.25, -0.2) is 13.2 Å². The summed E-state index contributed by atoms with van der Waals surface area (Å²) in [4.78, 5) is 52.5. The summed E-state index contributed by atoms with van der Waals surface area (Å²) < 4.78 is 28.8. The minimum absolute atomic E-state index is 0.0281. The third kappa shape index (κ3) is 4.39. The SMILES string of the molecule is C=CCN1C(=O)c2ccc(C(=O)O[C@H](C)C(=O)N(CC)[C@@H]3CCS(=O)(=O)C3)cc2C1=O. The number of sulfone groups is 1. The first-order valence-corrected chi connectivity index (χ1v) is 11.7. The van der Waals surface area contributed by atoms with Crippen molar-refractivity contribution in [3.05, 3.63) is 47.5 Å². The fourth-order valence-corrected chi connectivity index (χ4v) is 5.57. The molecule has 0 spiro atoms. The molecule has 3 rings (SSSR count). The Hall–Kier alpha value is -3.01. The van der Waals surface area contributed by atoms with Crippen LogP contribution in [-0.2, 0) is 19.4 Å². The smallest absolute Gasteiger partial charge is 0.338 e. The lowest BCUT2D eigenvalue weighted by atomic mass is 10.1. The third-order valence-electron chi connectivity index (χ3n) is 5.42. The average Bonchev–Trinajstić information content (AvgIpc) is 3.20. The van der Waals surface area contributed by atoms with E-state index in [2.05, 4.69) is 6.58 Å². The Morgan fingerprint density at radius 3 is 2.55 bits per heavy atom. The van der Waals surface area contributed by atoms with E-state index in [-0.39, 0.29) is 41.3 Å². The fourth-order valence-electron chi connectivity index (χ4n) is 3.84. The molecule has 31 heavy (non-hydrogen) atoms. The molecule has 1 aromatic rings. The molecule has 3 amide bonds. The van der Waals surface area contributed by atoms with Crippen LogP contribution >= 0.6 is 0 Å². The van der Waals surface area contributed by atoms with Crippen molar-refractivity contribution >= 4 is 33.5 Å². The van der Waals surface area contributed by atoms with Gasteiger partial charge in [-0.15, -0.1) is 6.58 Å². The topological polar surface area (TPSA) is 118 Å². The first-order chi connectivity index (χ1) is 14.6. The van der Waals surface area contributed by atoms with Gasteiger partial charge < -0.3 is 9.64 Å². The molecular weight excluding hydrogens is 424 g/mol. The number of nitrogens with zero attached hydrogens (tertiary/aromatic N) is 2. The summed E-state index contributed by atoms with van der Waals surface area (Å²) >= 11 is 0. The second kappa shape index (κ2) is 8.62. The van der Waals surface area contributed by atoms with Gasteiger partial charge in [0, 0.05) is 19.1 Å². The summed E-state index contributed by atoms with van der Waals surface area (Å²) in [6.07, 6.45) is 0.642. The highest BCUT2D eigenvalue weighted by Gasteiger charge is 2.37. The van der Waals surface area contributed by atoms with Crippen LogP contribution in [0.25, 0.3) is 0 Å². The summed E-state index contributed by atoms with van der Waals surface area (Å²) in [5.41, 5.74) is 0.310. The van der Waals surface area contributed by atoms with E-state index < -0.39 is 45.7 Å². The number of hydrogen-bond acceptors (Lipinski definition) is 7. The second-order valence-corrected chi connectivity index (χ2v) is 9.73. The average molecular weight is 448 g/mol. The molecule has 166 valence electrons. The molecule has 2 aliphatic heterocycles. The van der Waals surface area contributed by atoms with Crippen LogP contribution in [0.4, 0.5) is 0 Å². The van der Waals surface area contributed by atoms with E-state index in [1.165, 1.54) is 36.1 Å². The molecule has 10 heteroatoms. The molecule has 2 aliphatic rings. The minimum atomic E-state index is -3.17. The van der Waals surface area contributed by atoms with Gasteiger partial charge in [0.25, 0.3) is 17.7 Å². The van der Waals surface area contributed by atoms with Gasteiger partial charge in [-0.3, -0.25) is 19.3 Å². The van der Waals surface area contributed by atoms with E-state index >= 15 is 0 Å². The number of rotatable bonds is 7. The second-order valence-electron chi connectivity index (χ2n) is 7.50. The summed E-state index contributed by atoms with van der Waals surface area (Å²) in [6.45, 7) is 7.01. The summed E-state index contributed by atoms with van der Waals surface area (Å²) in [7, 11) is -3.17. The highest BCUT2D eigenvalue weighted by Crippen LogP contribution is 2.25. The Morgan fingerprint density at radius 1 is 1.29 bits per heavy atom. The summed E-state index contributed by atoms with van der Waals surface area (Å²) in [5.74, 6) is -2.37. The summed E-state index contributed by atoms with van der Waals surface area (Å²) in [6, 6.07) is 3.58. The Labute approximate surface area is 180 Å². The molecule has 1 fully saturated rings. The van der Waals surface area contributed by atoms with Crippen LogP contribution in [0.1, 0.15) is 51.3 Å². The molecule has 0 unspecified atom stereocenters. The maximum Gasteiger partial charge on any atom is 0.338 e. The number of benzene rings is 1. The largest absolute Gasteiger partial charge is 0.449 e. The number of fused-ring (bicyclic) bond motifs is 1. The molecule has 0 bridgehead atoms. The van der Waals surface area contributed by atoms with Crippen molar-refractivity contribution in [2.75, 3.05) is 24.6 Å². The van der Waals surface area contributed by atoms with Crippen molar-refractivity contribution in [1.82, 2.24) is 9.80 Å². The van der Waals surface area contributed by atoms with Gasteiger partial charge in [0.15, 0.2) is 15.9 Å². The Morgan fingerprint density at radius 2 is 1.97 bits per heavy atom. The molecule has 1 saturated heterocycles.